The first kappa shape index (κ1) is 48.8. The number of aryl methyl sites for hydroxylation is 2. The number of anilines is 2. The summed E-state index contributed by atoms with van der Waals surface area (Å²) < 4.78 is 20.3. The normalized spacial score (nSPS) is 18.9. The molecule has 0 aliphatic carbocycles. The summed E-state index contributed by atoms with van der Waals surface area (Å²) in [5.41, 5.74) is 7.22. The number of benzene rings is 5. The Kier molecular flexibility index (Phi) is 13.1. The van der Waals surface area contributed by atoms with Gasteiger partial charge in [0.15, 0.2) is 0 Å². The number of halogens is 1. The molecule has 0 bridgehead atoms. The Morgan fingerprint density at radius 3 is 2.32 bits per heavy atom. The van der Waals surface area contributed by atoms with Gasteiger partial charge in [0.1, 0.15) is 23.9 Å². The molecular weight excluding hydrogens is 926 g/mol. The van der Waals surface area contributed by atoms with Gasteiger partial charge in [-0.3, -0.25) is 39.2 Å². The molecule has 4 aliphatic heterocycles. The molecule has 0 saturated carbocycles. The fourth-order valence-corrected chi connectivity index (χ4v) is 11.1. The maximum atomic E-state index is 17.6. The molecule has 1 aromatic heterocycles. The van der Waals surface area contributed by atoms with Crippen LogP contribution in [0.25, 0.3) is 27.9 Å². The Morgan fingerprint density at radius 2 is 1.59 bits per heavy atom. The van der Waals surface area contributed by atoms with Gasteiger partial charge in [0.25, 0.3) is 11.8 Å². The number of carbonyl (C=O) groups is 5. The van der Waals surface area contributed by atoms with Crippen LogP contribution >= 0.6 is 0 Å². The van der Waals surface area contributed by atoms with Crippen LogP contribution in [-0.4, -0.2) is 93.3 Å². The van der Waals surface area contributed by atoms with Crippen LogP contribution in [-0.2, 0) is 44.5 Å². The van der Waals surface area contributed by atoms with E-state index in [-0.39, 0.29) is 52.7 Å². The molecule has 3 N–H and O–H groups in total. The minimum Gasteiger partial charge on any atom is -0.355 e. The lowest BCUT2D eigenvalue weighted by atomic mass is 9.82. The summed E-state index contributed by atoms with van der Waals surface area (Å²) in [4.78, 5) is 87.2. The molecule has 15 nitrogen and oxygen atoms in total. The number of imide groups is 1. The number of aliphatic imine (C=N–C) groups is 1. The second-order valence-electron chi connectivity index (χ2n) is 20.1. The Bertz CT molecular complexity index is 3310. The number of aromatic nitrogens is 3. The standard InChI is InChI=1S/C57H58FN9O6/c1-33-12-13-37-18-20-43(50(58)48(37)51(61-33)54(71)62-40-10-6-9-39(30-40)52(69)59-4)42-21-19-41(66-32-60-64(5)56(66)73)31-44(42)36-16-14-34(15-17-36)35-24-27-65(28-25-35)29-26-38-8-7-11-45-49(38)57(2,3)55(72)67(45)46-22-23-47(68)63-53(46)70/h6-11,14-21,30-33,35,46H,12-13,22-29H2,1-5H3,(H,59,69)(H,62,71)(H,63,68,70). The highest BCUT2D eigenvalue weighted by molar-refractivity contribution is 6.49. The van der Waals surface area contributed by atoms with E-state index in [0.717, 1.165) is 61.3 Å². The lowest BCUT2D eigenvalue weighted by molar-refractivity contribution is -0.136. The first-order valence-corrected chi connectivity index (χ1v) is 25.0. The average molecular weight is 984 g/mol. The molecule has 2 saturated heterocycles. The Labute approximate surface area is 422 Å². The Balaban J connectivity index is 0.894. The molecule has 0 radical (unpaired) electrons. The highest BCUT2D eigenvalue weighted by Gasteiger charge is 2.50. The molecular formula is C57H58FN9O6. The van der Waals surface area contributed by atoms with Crippen molar-refractivity contribution < 1.29 is 28.4 Å². The van der Waals surface area contributed by atoms with Crippen LogP contribution in [0.2, 0.25) is 0 Å². The molecule has 6 aromatic rings. The predicted octanol–water partition coefficient (Wildman–Crippen LogP) is 7.02. The van der Waals surface area contributed by atoms with Crippen LogP contribution < -0.4 is 26.5 Å². The summed E-state index contributed by atoms with van der Waals surface area (Å²) in [6, 6.07) is 28.9. The van der Waals surface area contributed by atoms with Gasteiger partial charge in [0, 0.05) is 61.2 Å². The maximum absolute atomic E-state index is 17.6. The van der Waals surface area contributed by atoms with Gasteiger partial charge in [0.2, 0.25) is 17.7 Å². The summed E-state index contributed by atoms with van der Waals surface area (Å²) in [5.74, 6) is -2.05. The van der Waals surface area contributed by atoms with Gasteiger partial charge in [0.05, 0.1) is 11.1 Å². The number of likely N-dealkylation sites (tertiary alicyclic amines) is 1. The highest BCUT2D eigenvalue weighted by atomic mass is 19.1. The van der Waals surface area contributed by atoms with Crippen LogP contribution in [0.15, 0.2) is 113 Å². The van der Waals surface area contributed by atoms with E-state index in [1.54, 1.807) is 54.4 Å². The number of piperidine rings is 2. The molecule has 2 atom stereocenters. The van der Waals surface area contributed by atoms with Crippen molar-refractivity contribution in [2.45, 2.75) is 89.1 Å². The van der Waals surface area contributed by atoms with Crippen molar-refractivity contribution in [3.63, 3.8) is 0 Å². The third kappa shape index (κ3) is 9.20. The van der Waals surface area contributed by atoms with Crippen molar-refractivity contribution in [1.29, 1.82) is 0 Å². The number of hydrogen-bond acceptors (Lipinski definition) is 9. The van der Waals surface area contributed by atoms with Crippen LogP contribution in [0.5, 0.6) is 0 Å². The zero-order valence-corrected chi connectivity index (χ0v) is 41.6. The smallest absolute Gasteiger partial charge is 0.350 e. The van der Waals surface area contributed by atoms with E-state index in [9.17, 15) is 28.8 Å². The van der Waals surface area contributed by atoms with Gasteiger partial charge in [-0.15, -0.1) is 0 Å². The Hall–Kier alpha value is -7.85. The van der Waals surface area contributed by atoms with E-state index in [1.807, 2.05) is 57.2 Å². The topological polar surface area (TPSA) is 180 Å². The first-order valence-electron chi connectivity index (χ1n) is 25.0. The predicted molar refractivity (Wildman–Crippen MR) is 278 cm³/mol. The van der Waals surface area contributed by atoms with Gasteiger partial charge in [-0.1, -0.05) is 60.7 Å². The minimum atomic E-state index is -0.819. The lowest BCUT2D eigenvalue weighted by Gasteiger charge is -2.32. The average Bonchev–Trinajstić information content (AvgIpc) is 3.74. The number of hydrogen-bond donors (Lipinski definition) is 3. The van der Waals surface area contributed by atoms with E-state index in [1.165, 1.54) is 28.2 Å². The van der Waals surface area contributed by atoms with Gasteiger partial charge >= 0.3 is 5.69 Å². The number of fused-ring (bicyclic) bond motifs is 2. The minimum absolute atomic E-state index is 0.0254. The fraction of sp³-hybridized carbons (Fsp3) is 0.333. The molecule has 374 valence electrons. The molecule has 10 rings (SSSR count). The van der Waals surface area contributed by atoms with Crippen LogP contribution in [0, 0.1) is 5.82 Å². The third-order valence-electron chi connectivity index (χ3n) is 15.1. The van der Waals surface area contributed by atoms with Crippen LogP contribution in [0.3, 0.4) is 0 Å². The second-order valence-corrected chi connectivity index (χ2v) is 20.1. The summed E-state index contributed by atoms with van der Waals surface area (Å²) in [7, 11) is 3.11. The van der Waals surface area contributed by atoms with Crippen molar-refractivity contribution in [2.24, 2.45) is 12.0 Å². The Morgan fingerprint density at radius 1 is 0.836 bits per heavy atom. The van der Waals surface area contributed by atoms with Gasteiger partial charge < -0.3 is 15.5 Å². The van der Waals surface area contributed by atoms with Crippen molar-refractivity contribution in [1.82, 2.24) is 29.9 Å². The van der Waals surface area contributed by atoms with Gasteiger partial charge in [-0.05, 0) is 154 Å². The maximum Gasteiger partial charge on any atom is 0.350 e. The summed E-state index contributed by atoms with van der Waals surface area (Å²) in [6.07, 6.45) is 5.71. The van der Waals surface area contributed by atoms with E-state index < -0.39 is 29.1 Å². The van der Waals surface area contributed by atoms with E-state index in [2.05, 4.69) is 44.1 Å². The number of amides is 5. The zero-order valence-electron chi connectivity index (χ0n) is 41.6. The molecule has 5 heterocycles. The highest BCUT2D eigenvalue weighted by Crippen LogP contribution is 2.46. The molecule has 5 amide bonds. The quantitative estimate of drug-likeness (QED) is 0.116. The first-order chi connectivity index (χ1) is 35.1. The SMILES string of the molecule is CNC(=O)c1cccc(NC(=O)C2=NC(C)CCc3ccc(-c4ccc(-n5cnn(C)c5=O)cc4-c4ccc(C5CCN(CCc6cccc7c6C(C)(C)C(=O)N7C6CCC(=O)NC6=O)CC5)cc4)c(F)c32)c1. The summed E-state index contributed by atoms with van der Waals surface area (Å²) in [5, 5.41) is 12.0. The van der Waals surface area contributed by atoms with Gasteiger partial charge in [-0.25, -0.2) is 18.4 Å². The largest absolute Gasteiger partial charge is 0.355 e. The van der Waals surface area contributed by atoms with E-state index in [4.69, 9.17) is 4.99 Å². The van der Waals surface area contributed by atoms with Gasteiger partial charge in [-0.2, -0.15) is 5.10 Å². The van der Waals surface area contributed by atoms with E-state index >= 15 is 4.39 Å². The summed E-state index contributed by atoms with van der Waals surface area (Å²) >= 11 is 0. The van der Waals surface area contributed by atoms with Crippen LogP contribution in [0.4, 0.5) is 15.8 Å². The molecule has 4 aliphatic rings. The van der Waals surface area contributed by atoms with Crippen molar-refractivity contribution in [2.75, 3.05) is 36.9 Å². The van der Waals surface area contributed by atoms with Crippen molar-refractivity contribution in [3.8, 4) is 27.9 Å². The number of rotatable bonds is 11. The molecule has 2 unspecified atom stereocenters. The van der Waals surface area contributed by atoms with Crippen molar-refractivity contribution in [3.05, 3.63) is 153 Å². The number of nitrogens with zero attached hydrogens (tertiary/aromatic N) is 6. The molecule has 0 spiro atoms. The molecule has 73 heavy (non-hydrogen) atoms. The summed E-state index contributed by atoms with van der Waals surface area (Å²) in [6.45, 7) is 8.33. The van der Waals surface area contributed by atoms with E-state index in [0.29, 0.717) is 58.8 Å². The molecule has 5 aromatic carbocycles. The number of carbonyl (C=O) groups excluding carboxylic acids is 5. The monoisotopic (exact) mass is 983 g/mol. The molecule has 2 fully saturated rings. The third-order valence-corrected chi connectivity index (χ3v) is 15.1. The second kappa shape index (κ2) is 19.6. The fourth-order valence-electron chi connectivity index (χ4n) is 11.1. The van der Waals surface area contributed by atoms with Crippen molar-refractivity contribution >= 4 is 46.6 Å². The number of nitrogens with one attached hydrogen (secondary N) is 3. The molecule has 16 heteroatoms. The lowest BCUT2D eigenvalue weighted by Crippen LogP contribution is -2.55. The zero-order chi connectivity index (χ0) is 51.3. The van der Waals surface area contributed by atoms with Crippen LogP contribution in [0.1, 0.15) is 97.0 Å².